The SMILES string of the molecule is CC1OC(OC2CCC3(C)C(CCC4(C)C3CC=C3C5CC(C)(C)CCC5(C(=O)OC5OCC(O)C(O)C5OC5OC(C)C(OC6OC(CO)C(O)C(O)C6O)C(O)C5O)C(O)CC34C)C2(C)C)C(O)C(O)C1OC1OCC(O)C(O)C1O.O=c1c(O)c(-c2ccc(O)c(O)c2)oc2cc(O)ccc12. The Bertz CT molecular complexity index is 3660. The maximum absolute atomic E-state index is 15.4. The van der Waals surface area contributed by atoms with Crippen molar-refractivity contribution in [2.75, 3.05) is 19.8 Å². The highest BCUT2D eigenvalue weighted by Crippen LogP contribution is 2.76. The van der Waals surface area contributed by atoms with Crippen molar-refractivity contribution in [3.63, 3.8) is 0 Å². The van der Waals surface area contributed by atoms with E-state index in [-0.39, 0.29) is 81.3 Å². The summed E-state index contributed by atoms with van der Waals surface area (Å²) in [7, 11) is 0. The summed E-state index contributed by atoms with van der Waals surface area (Å²) in [6, 6.07) is 7.64. The monoisotopic (exact) mass is 1480 g/mol. The van der Waals surface area contributed by atoms with Crippen LogP contribution in [0.3, 0.4) is 0 Å². The molecule has 0 amide bonds. The first kappa shape index (κ1) is 78.7. The zero-order chi connectivity index (χ0) is 75.7. The van der Waals surface area contributed by atoms with E-state index in [9.17, 15) is 96.7 Å². The van der Waals surface area contributed by atoms with E-state index in [1.54, 1.807) is 6.92 Å². The van der Waals surface area contributed by atoms with Crippen LogP contribution in [0.2, 0.25) is 0 Å². The second-order valence-corrected chi connectivity index (χ2v) is 32.7. The lowest BCUT2D eigenvalue weighted by Gasteiger charge is -2.71. The number of benzene rings is 2. The molecule has 3 aromatic rings. The number of phenols is 3. The topological polar surface area (TPSA) is 504 Å². The van der Waals surface area contributed by atoms with Gasteiger partial charge in [-0.15, -0.1) is 0 Å². The van der Waals surface area contributed by atoms with Gasteiger partial charge in [0.25, 0.3) is 0 Å². The fourth-order valence-corrected chi connectivity index (χ4v) is 19.5. The first-order valence-corrected chi connectivity index (χ1v) is 35.9. The minimum Gasteiger partial charge on any atom is -0.508 e. The van der Waals surface area contributed by atoms with Crippen molar-refractivity contribution in [3.8, 4) is 34.3 Å². The van der Waals surface area contributed by atoms with Gasteiger partial charge < -0.3 is 144 Å². The number of phenolic OH excluding ortho intramolecular Hbond substituents is 3. The summed E-state index contributed by atoms with van der Waals surface area (Å²) in [6.45, 7) is 17.2. The maximum atomic E-state index is 15.4. The summed E-state index contributed by atoms with van der Waals surface area (Å²) >= 11 is 0. The fourth-order valence-electron chi connectivity index (χ4n) is 19.5. The van der Waals surface area contributed by atoms with Gasteiger partial charge in [0.1, 0.15) is 108 Å². The smallest absolute Gasteiger partial charge is 0.317 e. The molecule has 4 saturated carbocycles. The molecule has 5 aliphatic carbocycles. The lowest BCUT2D eigenvalue weighted by Crippen LogP contribution is -2.68. The summed E-state index contributed by atoms with van der Waals surface area (Å²) in [6.07, 6.45) is -29.2. The molecule has 13 rings (SSSR count). The summed E-state index contributed by atoms with van der Waals surface area (Å²) in [4.78, 5) is 27.5. The summed E-state index contributed by atoms with van der Waals surface area (Å²) in [5.74, 6) is -2.61. The first-order chi connectivity index (χ1) is 48.7. The van der Waals surface area contributed by atoms with Gasteiger partial charge in [-0.2, -0.15) is 0 Å². The van der Waals surface area contributed by atoms with Crippen LogP contribution >= 0.6 is 0 Å². The number of rotatable bonds is 12. The highest BCUT2D eigenvalue weighted by atomic mass is 16.8. The zero-order valence-electron chi connectivity index (χ0n) is 59.5. The summed E-state index contributed by atoms with van der Waals surface area (Å²) in [5.41, 5.74) is -2.62. The lowest BCUT2D eigenvalue weighted by molar-refractivity contribution is -0.374. The minimum atomic E-state index is -1.93. The number of fused-ring (bicyclic) bond motifs is 8. The standard InChI is InChI=1S/C58H94O25.C15H10O6/c1-23-44(80-47-40(69)34(63)27(60)21-74-47)38(67)42(71)48(76-23)79-33-13-14-55(7)30(54(33,5)6)12-15-56(8)31(55)11-10-25-26-18-53(3,4)16-17-58(26,32(62)19-57(25,56)9)52(73)83-51-46(35(64)28(61)22-75-51)82-49-43(72)39(68)45(24(2)77-49)81-50-41(70)37(66)36(65)29(20-59)78-50;16-8-2-3-9-12(6-8)21-15(14(20)13(9)19)7-1-4-10(17)11(18)5-7/h10,23-24,26-51,59-72H,11-22H2,1-9H3;1-6,16-18,20H. The van der Waals surface area contributed by atoms with Crippen molar-refractivity contribution in [1.29, 1.82) is 0 Å². The molecule has 5 aliphatic heterocycles. The molecule has 5 saturated heterocycles. The number of hydrogen-bond donors (Lipinski definition) is 18. The van der Waals surface area contributed by atoms with Gasteiger partial charge in [-0.1, -0.05) is 60.1 Å². The van der Waals surface area contributed by atoms with E-state index in [4.69, 9.17) is 51.8 Å². The van der Waals surface area contributed by atoms with Crippen molar-refractivity contribution < 1.29 is 148 Å². The van der Waals surface area contributed by atoms with Gasteiger partial charge in [-0.05, 0) is 147 Å². The normalized spacial score (nSPS) is 46.2. The summed E-state index contributed by atoms with van der Waals surface area (Å²) < 4.78 is 65.0. The number of aliphatic hydroxyl groups is 14. The molecule has 18 N–H and O–H groups in total. The Kier molecular flexibility index (Phi) is 22.1. The van der Waals surface area contributed by atoms with Crippen molar-refractivity contribution in [3.05, 3.63) is 58.3 Å². The van der Waals surface area contributed by atoms with E-state index in [2.05, 4.69) is 54.5 Å². The Morgan fingerprint density at radius 2 is 1.15 bits per heavy atom. The average Bonchev–Trinajstić information content (AvgIpc) is 0.671. The Morgan fingerprint density at radius 3 is 1.80 bits per heavy atom. The van der Waals surface area contributed by atoms with E-state index < -0.39 is 212 Å². The largest absolute Gasteiger partial charge is 0.508 e. The molecule has 2 aromatic carbocycles. The van der Waals surface area contributed by atoms with Gasteiger partial charge in [-0.3, -0.25) is 9.59 Å². The van der Waals surface area contributed by atoms with E-state index >= 15 is 4.79 Å². The number of esters is 1. The fraction of sp³-hybridized carbons (Fsp3) is 0.753. The highest BCUT2D eigenvalue weighted by Gasteiger charge is 2.72. The van der Waals surface area contributed by atoms with Crippen LogP contribution in [0.15, 0.2) is 57.3 Å². The molecule has 9 fully saturated rings. The average molecular weight is 1480 g/mol. The van der Waals surface area contributed by atoms with E-state index in [0.29, 0.717) is 25.7 Å². The van der Waals surface area contributed by atoms with Gasteiger partial charge in [0.15, 0.2) is 48.5 Å². The molecule has 31 heteroatoms. The van der Waals surface area contributed by atoms with Crippen LogP contribution in [0, 0.1) is 50.2 Å². The van der Waals surface area contributed by atoms with Crippen LogP contribution in [0.4, 0.5) is 0 Å². The van der Waals surface area contributed by atoms with Crippen LogP contribution in [0.1, 0.15) is 120 Å². The number of hydrogen-bond acceptors (Lipinski definition) is 31. The van der Waals surface area contributed by atoms with Crippen LogP contribution in [-0.4, -0.2) is 271 Å². The molecular formula is C73H104O31. The second-order valence-electron chi connectivity index (χ2n) is 32.7. The van der Waals surface area contributed by atoms with Gasteiger partial charge >= 0.3 is 5.97 Å². The maximum Gasteiger partial charge on any atom is 0.317 e. The Morgan fingerprint density at radius 1 is 0.567 bits per heavy atom. The third-order valence-electron chi connectivity index (χ3n) is 25.8. The molecule has 104 heavy (non-hydrogen) atoms. The summed E-state index contributed by atoms with van der Waals surface area (Å²) in [5, 5.41) is 191. The molecule has 1 aromatic heterocycles. The molecule has 0 radical (unpaired) electrons. The Labute approximate surface area is 599 Å². The van der Waals surface area contributed by atoms with Crippen molar-refractivity contribution in [2.24, 2.45) is 50.2 Å². The molecule has 0 bridgehead atoms. The second kappa shape index (κ2) is 29.2. The van der Waals surface area contributed by atoms with Crippen molar-refractivity contribution in [1.82, 2.24) is 0 Å². The number of aliphatic hydroxyl groups excluding tert-OH is 14. The number of aromatic hydroxyl groups is 4. The van der Waals surface area contributed by atoms with Crippen LogP contribution < -0.4 is 5.43 Å². The van der Waals surface area contributed by atoms with E-state index in [0.717, 1.165) is 30.9 Å². The first-order valence-electron chi connectivity index (χ1n) is 35.9. The van der Waals surface area contributed by atoms with Crippen LogP contribution in [0.5, 0.6) is 23.0 Å². The Balaban J connectivity index is 0.000000412. The zero-order valence-corrected chi connectivity index (χ0v) is 59.5. The number of carbonyl (C=O) groups is 1. The van der Waals surface area contributed by atoms with E-state index in [1.165, 1.54) is 37.3 Å². The van der Waals surface area contributed by atoms with Gasteiger partial charge in [0.2, 0.25) is 17.5 Å². The third kappa shape index (κ3) is 13.5. The molecular weight excluding hydrogens is 1370 g/mol. The van der Waals surface area contributed by atoms with Gasteiger partial charge in [-0.25, -0.2) is 0 Å². The minimum absolute atomic E-state index is 0.0872. The Hall–Kier alpha value is -4.86. The van der Waals surface area contributed by atoms with Gasteiger partial charge in [0, 0.05) is 11.6 Å². The molecule has 31 nitrogen and oxygen atoms in total. The molecule has 32 unspecified atom stereocenters. The number of ether oxygens (including phenoxy) is 10. The molecule has 582 valence electrons. The quantitative estimate of drug-likeness (QED) is 0.0504. The van der Waals surface area contributed by atoms with Crippen molar-refractivity contribution in [2.45, 2.75) is 274 Å². The van der Waals surface area contributed by atoms with E-state index in [1.807, 2.05) is 0 Å². The molecule has 32 atom stereocenters. The highest BCUT2D eigenvalue weighted by molar-refractivity contribution is 5.83. The predicted octanol–water partition coefficient (Wildman–Crippen LogP) is 0.376. The van der Waals surface area contributed by atoms with Crippen molar-refractivity contribution >= 4 is 16.9 Å². The van der Waals surface area contributed by atoms with Crippen LogP contribution in [-0.2, 0) is 52.2 Å². The third-order valence-corrected chi connectivity index (χ3v) is 25.8. The molecule has 10 aliphatic rings. The molecule has 0 spiro atoms. The van der Waals surface area contributed by atoms with Crippen LogP contribution in [0.25, 0.3) is 22.3 Å². The molecule has 6 heterocycles. The predicted molar refractivity (Wildman–Crippen MR) is 357 cm³/mol. The number of allylic oxidation sites excluding steroid dienone is 2. The number of carbonyl (C=O) groups excluding carboxylic acids is 1. The lowest BCUT2D eigenvalue weighted by atomic mass is 9.33. The van der Waals surface area contributed by atoms with Gasteiger partial charge in [0.05, 0.1) is 49.6 Å².